The Kier molecular flexibility index (Phi) is 5.22. The van der Waals surface area contributed by atoms with Gasteiger partial charge in [0.05, 0.1) is 0 Å². The third kappa shape index (κ3) is 2.76. The predicted octanol–water partition coefficient (Wildman–Crippen LogP) is 1.53. The fourth-order valence-corrected chi connectivity index (χ4v) is 2.95. The number of likely N-dealkylation sites (tertiary alicyclic amines) is 1. The average Bonchev–Trinajstić information content (AvgIpc) is 2.68. The van der Waals surface area contributed by atoms with Crippen LogP contribution < -0.4 is 5.73 Å². The molecular formula is C13H29N3. The molecule has 2 N–H and O–H groups in total. The van der Waals surface area contributed by atoms with Crippen LogP contribution in [0.3, 0.4) is 0 Å². The summed E-state index contributed by atoms with van der Waals surface area (Å²) in [7, 11) is 4.49. The van der Waals surface area contributed by atoms with Crippen LogP contribution in [0, 0.1) is 0 Å². The van der Waals surface area contributed by atoms with Gasteiger partial charge in [0.15, 0.2) is 0 Å². The topological polar surface area (TPSA) is 32.5 Å². The molecule has 0 amide bonds. The normalized spacial score (nSPS) is 23.2. The molecule has 1 unspecified atom stereocenters. The van der Waals surface area contributed by atoms with Gasteiger partial charge < -0.3 is 10.6 Å². The van der Waals surface area contributed by atoms with Gasteiger partial charge in [-0.3, -0.25) is 4.90 Å². The molecule has 0 aromatic carbocycles. The highest BCUT2D eigenvalue weighted by atomic mass is 15.2. The van der Waals surface area contributed by atoms with Gasteiger partial charge >= 0.3 is 0 Å². The molecule has 3 heteroatoms. The first-order valence-corrected chi connectivity index (χ1v) is 6.71. The molecule has 0 aromatic heterocycles. The summed E-state index contributed by atoms with van der Waals surface area (Å²) in [4.78, 5) is 4.99. The second-order valence-electron chi connectivity index (χ2n) is 5.29. The van der Waals surface area contributed by atoms with Crippen LogP contribution in [0.2, 0.25) is 0 Å². The highest BCUT2D eigenvalue weighted by Gasteiger charge is 2.32. The number of nitrogens with zero attached hydrogens (tertiary/aromatic N) is 2. The van der Waals surface area contributed by atoms with Crippen molar-refractivity contribution in [3.05, 3.63) is 0 Å². The SMILES string of the molecule is CCC(CC)(CN)N(C)CC1CCCN1C. The second-order valence-corrected chi connectivity index (χ2v) is 5.29. The van der Waals surface area contributed by atoms with Crippen LogP contribution in [0.15, 0.2) is 0 Å². The minimum atomic E-state index is 0.212. The van der Waals surface area contributed by atoms with Crippen molar-refractivity contribution in [3.8, 4) is 0 Å². The maximum absolute atomic E-state index is 5.98. The molecule has 0 radical (unpaired) electrons. The van der Waals surface area contributed by atoms with E-state index in [-0.39, 0.29) is 5.54 Å². The Labute approximate surface area is 101 Å². The zero-order valence-corrected chi connectivity index (χ0v) is 11.5. The molecule has 3 nitrogen and oxygen atoms in total. The van der Waals surface area contributed by atoms with Crippen LogP contribution in [-0.4, -0.2) is 55.1 Å². The number of hydrogen-bond donors (Lipinski definition) is 1. The van der Waals surface area contributed by atoms with Crippen molar-refractivity contribution in [3.63, 3.8) is 0 Å². The Morgan fingerprint density at radius 3 is 2.38 bits per heavy atom. The number of likely N-dealkylation sites (N-methyl/N-ethyl adjacent to an activating group) is 2. The first-order valence-electron chi connectivity index (χ1n) is 6.71. The summed E-state index contributed by atoms with van der Waals surface area (Å²) in [6.07, 6.45) is 4.98. The average molecular weight is 227 g/mol. The van der Waals surface area contributed by atoms with Crippen molar-refractivity contribution in [2.24, 2.45) is 5.73 Å². The smallest absolute Gasteiger partial charge is 0.0324 e. The van der Waals surface area contributed by atoms with Crippen LogP contribution in [-0.2, 0) is 0 Å². The maximum Gasteiger partial charge on any atom is 0.0324 e. The molecule has 1 fully saturated rings. The van der Waals surface area contributed by atoms with E-state index in [0.717, 1.165) is 32.0 Å². The Bertz CT molecular complexity index is 193. The van der Waals surface area contributed by atoms with E-state index in [9.17, 15) is 0 Å². The molecule has 1 saturated heterocycles. The van der Waals surface area contributed by atoms with Crippen LogP contribution in [0.5, 0.6) is 0 Å². The van der Waals surface area contributed by atoms with Gasteiger partial charge in [0.25, 0.3) is 0 Å². The molecule has 0 saturated carbocycles. The molecule has 16 heavy (non-hydrogen) atoms. The Balaban J connectivity index is 2.57. The summed E-state index contributed by atoms with van der Waals surface area (Å²) < 4.78 is 0. The van der Waals surface area contributed by atoms with Crippen molar-refractivity contribution < 1.29 is 0 Å². The van der Waals surface area contributed by atoms with E-state index in [2.05, 4.69) is 37.7 Å². The highest BCUT2D eigenvalue weighted by Crippen LogP contribution is 2.24. The molecule has 1 aliphatic heterocycles. The standard InChI is InChI=1S/C13H29N3/c1-5-13(6-2,11-14)16(4)10-12-8-7-9-15(12)3/h12H,5-11,14H2,1-4H3. The molecule has 96 valence electrons. The van der Waals surface area contributed by atoms with Crippen molar-refractivity contribution >= 4 is 0 Å². The van der Waals surface area contributed by atoms with Gasteiger partial charge in [-0.25, -0.2) is 0 Å². The second kappa shape index (κ2) is 5.99. The monoisotopic (exact) mass is 227 g/mol. The lowest BCUT2D eigenvalue weighted by Gasteiger charge is -2.42. The van der Waals surface area contributed by atoms with Crippen molar-refractivity contribution in [1.29, 1.82) is 0 Å². The third-order valence-corrected chi connectivity index (χ3v) is 4.66. The van der Waals surface area contributed by atoms with Gasteiger partial charge in [-0.05, 0) is 46.3 Å². The molecule has 0 aliphatic carbocycles. The summed E-state index contributed by atoms with van der Waals surface area (Å²) in [5, 5.41) is 0. The predicted molar refractivity (Wildman–Crippen MR) is 70.6 cm³/mol. The van der Waals surface area contributed by atoms with Gasteiger partial charge in [0.1, 0.15) is 0 Å². The summed E-state index contributed by atoms with van der Waals surface area (Å²) in [5.74, 6) is 0. The van der Waals surface area contributed by atoms with E-state index < -0.39 is 0 Å². The highest BCUT2D eigenvalue weighted by molar-refractivity contribution is 4.91. The molecule has 1 aliphatic rings. The van der Waals surface area contributed by atoms with Crippen molar-refractivity contribution in [2.45, 2.75) is 51.1 Å². The van der Waals surface area contributed by atoms with E-state index in [1.165, 1.54) is 19.4 Å². The fraction of sp³-hybridized carbons (Fsp3) is 1.00. The van der Waals surface area contributed by atoms with Crippen LogP contribution >= 0.6 is 0 Å². The zero-order valence-electron chi connectivity index (χ0n) is 11.5. The number of hydrogen-bond acceptors (Lipinski definition) is 3. The van der Waals surface area contributed by atoms with Gasteiger partial charge in [0.2, 0.25) is 0 Å². The molecular weight excluding hydrogens is 198 g/mol. The van der Waals surface area contributed by atoms with Crippen LogP contribution in [0.1, 0.15) is 39.5 Å². The third-order valence-electron chi connectivity index (χ3n) is 4.66. The van der Waals surface area contributed by atoms with E-state index in [0.29, 0.717) is 0 Å². The first-order chi connectivity index (χ1) is 7.59. The Morgan fingerprint density at radius 1 is 1.38 bits per heavy atom. The first kappa shape index (κ1) is 13.9. The Hall–Kier alpha value is -0.120. The summed E-state index contributed by atoms with van der Waals surface area (Å²) in [5.41, 5.74) is 6.20. The van der Waals surface area contributed by atoms with E-state index in [1.54, 1.807) is 0 Å². The molecule has 0 aromatic rings. The largest absolute Gasteiger partial charge is 0.329 e. The van der Waals surface area contributed by atoms with Crippen molar-refractivity contribution in [1.82, 2.24) is 9.80 Å². The minimum absolute atomic E-state index is 0.212. The van der Waals surface area contributed by atoms with Crippen molar-refractivity contribution in [2.75, 3.05) is 33.7 Å². The molecule has 0 spiro atoms. The lowest BCUT2D eigenvalue weighted by atomic mass is 9.90. The van der Waals surface area contributed by atoms with E-state index in [1.807, 2.05) is 0 Å². The zero-order chi connectivity index (χ0) is 12.2. The fourth-order valence-electron chi connectivity index (χ4n) is 2.95. The minimum Gasteiger partial charge on any atom is -0.329 e. The van der Waals surface area contributed by atoms with Gasteiger partial charge in [-0.15, -0.1) is 0 Å². The molecule has 1 rings (SSSR count). The number of nitrogens with two attached hydrogens (primary N) is 1. The molecule has 1 heterocycles. The Morgan fingerprint density at radius 2 is 2.00 bits per heavy atom. The lowest BCUT2D eigenvalue weighted by molar-refractivity contribution is 0.0878. The summed E-state index contributed by atoms with van der Waals surface area (Å²) >= 11 is 0. The summed E-state index contributed by atoms with van der Waals surface area (Å²) in [6, 6.07) is 0.731. The molecule has 1 atom stereocenters. The number of rotatable bonds is 6. The quantitative estimate of drug-likeness (QED) is 0.747. The maximum atomic E-state index is 5.98. The summed E-state index contributed by atoms with van der Waals surface area (Å²) in [6.45, 7) is 7.70. The molecule has 0 bridgehead atoms. The van der Waals surface area contributed by atoms with E-state index >= 15 is 0 Å². The van der Waals surface area contributed by atoms with Gasteiger partial charge in [-0.2, -0.15) is 0 Å². The van der Waals surface area contributed by atoms with E-state index in [4.69, 9.17) is 5.73 Å². The van der Waals surface area contributed by atoms with Gasteiger partial charge in [-0.1, -0.05) is 13.8 Å². The van der Waals surface area contributed by atoms with Crippen LogP contribution in [0.25, 0.3) is 0 Å². The van der Waals surface area contributed by atoms with Gasteiger partial charge in [0, 0.05) is 24.7 Å². The lowest BCUT2D eigenvalue weighted by Crippen LogP contribution is -2.54. The van der Waals surface area contributed by atoms with Crippen LogP contribution in [0.4, 0.5) is 0 Å².